The van der Waals surface area contributed by atoms with Crippen LogP contribution in [-0.2, 0) is 4.79 Å². The van der Waals surface area contributed by atoms with Crippen LogP contribution in [0, 0.1) is 0 Å². The lowest BCUT2D eigenvalue weighted by Crippen LogP contribution is -2.62. The van der Waals surface area contributed by atoms with Gasteiger partial charge < -0.3 is 16.0 Å². The number of imidazole rings is 1. The van der Waals surface area contributed by atoms with E-state index in [-0.39, 0.29) is 11.9 Å². The molecule has 0 spiro atoms. The smallest absolute Gasteiger partial charge is 0.237 e. The molecular formula is C26H26Cl3N7O. The molecule has 1 amide bonds. The van der Waals surface area contributed by atoms with Gasteiger partial charge in [0.2, 0.25) is 5.91 Å². The van der Waals surface area contributed by atoms with E-state index in [1.807, 2.05) is 48.7 Å². The Hall–Kier alpha value is -2.91. The van der Waals surface area contributed by atoms with E-state index in [4.69, 9.17) is 45.5 Å². The first-order valence-electron chi connectivity index (χ1n) is 12.0. The molecule has 0 atom stereocenters. The Morgan fingerprint density at radius 3 is 2.35 bits per heavy atom. The molecule has 37 heavy (non-hydrogen) atoms. The van der Waals surface area contributed by atoms with Crippen LogP contribution >= 0.6 is 34.8 Å². The Morgan fingerprint density at radius 2 is 1.73 bits per heavy atom. The van der Waals surface area contributed by atoms with E-state index < -0.39 is 5.54 Å². The first-order valence-corrected chi connectivity index (χ1v) is 13.1. The van der Waals surface area contributed by atoms with Crippen LogP contribution in [0.2, 0.25) is 15.1 Å². The normalized spacial score (nSPS) is 15.5. The second-order valence-electron chi connectivity index (χ2n) is 9.51. The summed E-state index contributed by atoms with van der Waals surface area (Å²) < 4.78 is 1.98. The minimum absolute atomic E-state index is 0.129. The molecule has 1 fully saturated rings. The highest BCUT2D eigenvalue weighted by Crippen LogP contribution is 2.37. The molecule has 5 rings (SSSR count). The lowest BCUT2D eigenvalue weighted by atomic mass is 9.86. The van der Waals surface area contributed by atoms with Gasteiger partial charge in [0.1, 0.15) is 16.9 Å². The minimum Gasteiger partial charge on any atom is -0.368 e. The number of nitrogens with two attached hydrogens (primary N) is 1. The van der Waals surface area contributed by atoms with Gasteiger partial charge in [0, 0.05) is 40.4 Å². The van der Waals surface area contributed by atoms with Gasteiger partial charge in [0.15, 0.2) is 5.82 Å². The fraction of sp³-hybridized carbons (Fsp3) is 0.308. The van der Waals surface area contributed by atoms with Crippen molar-refractivity contribution in [2.24, 2.45) is 5.73 Å². The van der Waals surface area contributed by atoms with E-state index >= 15 is 0 Å². The molecule has 2 aromatic carbocycles. The molecule has 192 valence electrons. The van der Waals surface area contributed by atoms with Crippen LogP contribution in [0.4, 0.5) is 5.82 Å². The summed E-state index contributed by atoms with van der Waals surface area (Å²) in [5, 5.41) is 13.8. The van der Waals surface area contributed by atoms with Crippen LogP contribution in [0.15, 0.2) is 48.7 Å². The number of piperidine rings is 1. The molecule has 0 radical (unpaired) electrons. The SMILES string of the molecule is CC(C)NC1(C(N)=O)CCN(c2nncc3c2nc(-c2ccc(Cl)cc2Cl)n3-c2ccc(Cl)cc2)CC1. The van der Waals surface area contributed by atoms with Crippen molar-refractivity contribution in [2.45, 2.75) is 38.3 Å². The van der Waals surface area contributed by atoms with Crippen molar-refractivity contribution >= 4 is 57.6 Å². The van der Waals surface area contributed by atoms with Gasteiger partial charge in [-0.25, -0.2) is 4.98 Å². The summed E-state index contributed by atoms with van der Waals surface area (Å²) >= 11 is 19.0. The number of hydrogen-bond acceptors (Lipinski definition) is 6. The number of fused-ring (bicyclic) bond motifs is 1. The van der Waals surface area contributed by atoms with Gasteiger partial charge in [-0.05, 0) is 69.2 Å². The molecule has 8 nitrogen and oxygen atoms in total. The molecular weight excluding hydrogens is 533 g/mol. The van der Waals surface area contributed by atoms with E-state index in [9.17, 15) is 4.79 Å². The maximum atomic E-state index is 12.4. The molecule has 4 aromatic rings. The largest absolute Gasteiger partial charge is 0.368 e. The van der Waals surface area contributed by atoms with E-state index in [1.165, 1.54) is 0 Å². The Bertz CT molecular complexity index is 1460. The van der Waals surface area contributed by atoms with Gasteiger partial charge in [0.25, 0.3) is 0 Å². The fourth-order valence-electron chi connectivity index (χ4n) is 4.93. The molecule has 1 aliphatic heterocycles. The number of amides is 1. The van der Waals surface area contributed by atoms with Crippen LogP contribution in [0.25, 0.3) is 28.1 Å². The van der Waals surface area contributed by atoms with Crippen molar-refractivity contribution in [3.63, 3.8) is 0 Å². The number of rotatable bonds is 6. The zero-order valence-corrected chi connectivity index (χ0v) is 22.6. The third kappa shape index (κ3) is 4.86. The summed E-state index contributed by atoms with van der Waals surface area (Å²) in [7, 11) is 0. The maximum Gasteiger partial charge on any atom is 0.237 e. The third-order valence-corrected chi connectivity index (χ3v) is 7.47. The maximum absolute atomic E-state index is 12.4. The van der Waals surface area contributed by atoms with Crippen LogP contribution < -0.4 is 16.0 Å². The van der Waals surface area contributed by atoms with E-state index in [0.717, 1.165) is 16.8 Å². The van der Waals surface area contributed by atoms with E-state index in [2.05, 4.69) is 20.4 Å². The second-order valence-corrected chi connectivity index (χ2v) is 10.8. The standard InChI is InChI=1S/C26H26Cl3N7O/c1-15(2)33-26(25(30)37)9-11-35(12-10-26)24-22-21(14-31-34-24)36(18-6-3-16(27)4-7-18)23(32-22)19-8-5-17(28)13-20(19)29/h3-8,13-15,33H,9-12H2,1-2H3,(H2,30,37). The number of nitrogens with zero attached hydrogens (tertiary/aromatic N) is 5. The molecule has 3 N–H and O–H groups in total. The van der Waals surface area contributed by atoms with Gasteiger partial charge in [0.05, 0.1) is 16.7 Å². The minimum atomic E-state index is -0.753. The zero-order chi connectivity index (χ0) is 26.3. The summed E-state index contributed by atoms with van der Waals surface area (Å²) in [6.45, 7) is 5.16. The first kappa shape index (κ1) is 25.7. The highest BCUT2D eigenvalue weighted by Gasteiger charge is 2.41. The Morgan fingerprint density at radius 1 is 1.05 bits per heavy atom. The zero-order valence-electron chi connectivity index (χ0n) is 20.4. The molecule has 11 heteroatoms. The molecule has 0 saturated carbocycles. The summed E-state index contributed by atoms with van der Waals surface area (Å²) in [5.74, 6) is 0.927. The molecule has 0 unspecified atom stereocenters. The van der Waals surface area contributed by atoms with Gasteiger partial charge >= 0.3 is 0 Å². The Labute approximate surface area is 229 Å². The third-order valence-electron chi connectivity index (χ3n) is 6.67. The summed E-state index contributed by atoms with van der Waals surface area (Å²) in [4.78, 5) is 19.5. The molecule has 2 aromatic heterocycles. The van der Waals surface area contributed by atoms with E-state index in [1.54, 1.807) is 18.3 Å². The number of hydrogen-bond donors (Lipinski definition) is 2. The average molecular weight is 559 g/mol. The van der Waals surface area contributed by atoms with Gasteiger partial charge in [-0.1, -0.05) is 34.8 Å². The highest BCUT2D eigenvalue weighted by molar-refractivity contribution is 6.36. The fourth-order valence-corrected chi connectivity index (χ4v) is 5.55. The van der Waals surface area contributed by atoms with Gasteiger partial charge in [-0.15, -0.1) is 5.10 Å². The highest BCUT2D eigenvalue weighted by atomic mass is 35.5. The lowest BCUT2D eigenvalue weighted by molar-refractivity contribution is -0.125. The van der Waals surface area contributed by atoms with Gasteiger partial charge in [-0.3, -0.25) is 9.36 Å². The Kier molecular flexibility index (Phi) is 7.02. The predicted octanol–water partition coefficient (Wildman–Crippen LogP) is 5.27. The molecule has 3 heterocycles. The average Bonchev–Trinajstić information content (AvgIpc) is 3.24. The number of benzene rings is 2. The first-order chi connectivity index (χ1) is 17.7. The van der Waals surface area contributed by atoms with Crippen molar-refractivity contribution < 1.29 is 4.79 Å². The second kappa shape index (κ2) is 10.1. The van der Waals surface area contributed by atoms with Crippen molar-refractivity contribution in [1.82, 2.24) is 25.1 Å². The van der Waals surface area contributed by atoms with Crippen molar-refractivity contribution in [2.75, 3.05) is 18.0 Å². The number of carbonyl (C=O) groups excluding carboxylic acids is 1. The number of carbonyl (C=O) groups is 1. The van der Waals surface area contributed by atoms with Crippen LogP contribution in [-0.4, -0.2) is 50.3 Å². The topological polar surface area (TPSA) is 102 Å². The quantitative estimate of drug-likeness (QED) is 0.334. The van der Waals surface area contributed by atoms with Gasteiger partial charge in [-0.2, -0.15) is 5.10 Å². The lowest BCUT2D eigenvalue weighted by Gasteiger charge is -2.41. The van der Waals surface area contributed by atoms with Crippen LogP contribution in [0.3, 0.4) is 0 Å². The number of primary amides is 1. The van der Waals surface area contributed by atoms with Crippen LogP contribution in [0.5, 0.6) is 0 Å². The summed E-state index contributed by atoms with van der Waals surface area (Å²) in [5.41, 5.74) is 8.07. The van der Waals surface area contributed by atoms with Crippen molar-refractivity contribution in [1.29, 1.82) is 0 Å². The summed E-state index contributed by atoms with van der Waals surface area (Å²) in [6, 6.07) is 12.9. The number of anilines is 1. The summed E-state index contributed by atoms with van der Waals surface area (Å²) in [6.07, 6.45) is 2.78. The molecule has 1 aliphatic rings. The van der Waals surface area contributed by atoms with Crippen molar-refractivity contribution in [3.05, 3.63) is 63.7 Å². The number of aromatic nitrogens is 4. The molecule has 0 aliphatic carbocycles. The molecule has 1 saturated heterocycles. The molecule has 0 bridgehead atoms. The van der Waals surface area contributed by atoms with Crippen LogP contribution in [0.1, 0.15) is 26.7 Å². The predicted molar refractivity (Wildman–Crippen MR) is 149 cm³/mol. The Balaban J connectivity index is 1.62. The van der Waals surface area contributed by atoms with Crippen molar-refractivity contribution in [3.8, 4) is 17.1 Å². The number of nitrogens with one attached hydrogen (secondary N) is 1. The number of halogens is 3. The monoisotopic (exact) mass is 557 g/mol. The van der Waals surface area contributed by atoms with E-state index in [0.29, 0.717) is 58.2 Å².